The van der Waals surface area contributed by atoms with Crippen LogP contribution in [0.1, 0.15) is 29.8 Å². The van der Waals surface area contributed by atoms with Crippen LogP contribution in [-0.4, -0.2) is 29.8 Å². The average Bonchev–Trinajstić information content (AvgIpc) is 2.56. The molecule has 0 radical (unpaired) electrons. The molecule has 0 saturated carbocycles. The van der Waals surface area contributed by atoms with Gasteiger partial charge in [-0.2, -0.15) is 0 Å². The molecule has 2 aromatic rings. The fourth-order valence-corrected chi connectivity index (χ4v) is 2.87. The molecule has 0 unspecified atom stereocenters. The number of halogens is 1. The van der Waals surface area contributed by atoms with Gasteiger partial charge in [-0.1, -0.05) is 28.1 Å². The molecule has 24 heavy (non-hydrogen) atoms. The molecule has 0 saturated heterocycles. The summed E-state index contributed by atoms with van der Waals surface area (Å²) in [5.74, 6) is -0.0806. The average molecular weight is 389 g/mol. The molecule has 0 heterocycles. The third-order valence-corrected chi connectivity index (χ3v) is 4.21. The first kappa shape index (κ1) is 18.2. The first-order chi connectivity index (χ1) is 11.5. The first-order valence-corrected chi connectivity index (χ1v) is 8.76. The molecule has 0 atom stereocenters. The Morgan fingerprint density at radius 2 is 1.71 bits per heavy atom. The van der Waals surface area contributed by atoms with Crippen LogP contribution in [-0.2, 0) is 11.2 Å². The molecule has 0 aliphatic rings. The fraction of sp³-hybridized carbons (Fsp3) is 0.263. The number of nitrogens with zero attached hydrogens (tertiary/aromatic N) is 1. The van der Waals surface area contributed by atoms with Gasteiger partial charge in [0.05, 0.1) is 6.42 Å². The van der Waals surface area contributed by atoms with Crippen molar-refractivity contribution in [3.05, 3.63) is 64.1 Å². The van der Waals surface area contributed by atoms with E-state index in [9.17, 15) is 9.59 Å². The zero-order chi connectivity index (χ0) is 17.5. The van der Waals surface area contributed by atoms with Crippen LogP contribution < -0.4 is 5.32 Å². The summed E-state index contributed by atoms with van der Waals surface area (Å²) in [5, 5.41) is 2.85. The van der Waals surface area contributed by atoms with Crippen molar-refractivity contribution in [2.24, 2.45) is 0 Å². The van der Waals surface area contributed by atoms with Gasteiger partial charge in [0.25, 0.3) is 5.91 Å². The normalized spacial score (nSPS) is 10.3. The molecule has 2 aromatic carbocycles. The summed E-state index contributed by atoms with van der Waals surface area (Å²) < 4.78 is 0.951. The number of hydrogen-bond acceptors (Lipinski definition) is 2. The highest BCUT2D eigenvalue weighted by Gasteiger charge is 2.12. The first-order valence-electron chi connectivity index (χ1n) is 7.97. The van der Waals surface area contributed by atoms with Crippen LogP contribution in [0.4, 0.5) is 5.69 Å². The van der Waals surface area contributed by atoms with E-state index >= 15 is 0 Å². The third-order valence-electron chi connectivity index (χ3n) is 3.72. The lowest BCUT2D eigenvalue weighted by atomic mass is 10.1. The van der Waals surface area contributed by atoms with Crippen LogP contribution in [0, 0.1) is 0 Å². The van der Waals surface area contributed by atoms with E-state index in [1.807, 2.05) is 38.1 Å². The van der Waals surface area contributed by atoms with E-state index in [2.05, 4.69) is 21.2 Å². The van der Waals surface area contributed by atoms with Gasteiger partial charge in [-0.25, -0.2) is 0 Å². The maximum atomic E-state index is 12.2. The maximum absolute atomic E-state index is 12.2. The Kier molecular flexibility index (Phi) is 6.55. The van der Waals surface area contributed by atoms with E-state index in [4.69, 9.17) is 0 Å². The molecule has 4 nitrogen and oxygen atoms in total. The highest BCUT2D eigenvalue weighted by molar-refractivity contribution is 9.10. The number of carbonyl (C=O) groups is 2. The summed E-state index contributed by atoms with van der Waals surface area (Å²) in [6.07, 6.45) is 0.305. The van der Waals surface area contributed by atoms with E-state index in [-0.39, 0.29) is 11.8 Å². The predicted octanol–water partition coefficient (Wildman–Crippen LogP) is 4.11. The summed E-state index contributed by atoms with van der Waals surface area (Å²) in [7, 11) is 0. The van der Waals surface area contributed by atoms with Crippen LogP contribution in [0.25, 0.3) is 0 Å². The summed E-state index contributed by atoms with van der Waals surface area (Å²) in [5.41, 5.74) is 2.25. The van der Waals surface area contributed by atoms with Gasteiger partial charge in [-0.05, 0) is 55.8 Å². The van der Waals surface area contributed by atoms with Gasteiger partial charge in [0.15, 0.2) is 0 Å². The smallest absolute Gasteiger partial charge is 0.253 e. The summed E-state index contributed by atoms with van der Waals surface area (Å²) >= 11 is 3.40. The number of amides is 2. The second-order valence-corrected chi connectivity index (χ2v) is 6.33. The monoisotopic (exact) mass is 388 g/mol. The minimum atomic E-state index is -0.0871. The Labute approximate surface area is 151 Å². The highest BCUT2D eigenvalue weighted by atomic mass is 79.9. The van der Waals surface area contributed by atoms with Crippen molar-refractivity contribution in [2.75, 3.05) is 18.4 Å². The number of hydrogen-bond donors (Lipinski definition) is 1. The van der Waals surface area contributed by atoms with Crippen molar-refractivity contribution < 1.29 is 9.59 Å². The Bertz CT molecular complexity index is 710. The second kappa shape index (κ2) is 8.64. The molecule has 5 heteroatoms. The lowest BCUT2D eigenvalue weighted by Crippen LogP contribution is -2.30. The molecule has 2 amide bonds. The zero-order valence-corrected chi connectivity index (χ0v) is 15.5. The number of rotatable bonds is 6. The molecule has 0 spiro atoms. The Morgan fingerprint density at radius 3 is 2.29 bits per heavy atom. The molecular weight excluding hydrogens is 368 g/mol. The molecule has 1 N–H and O–H groups in total. The molecule has 0 aromatic heterocycles. The fourth-order valence-electron chi connectivity index (χ4n) is 2.43. The third kappa shape index (κ3) is 4.93. The van der Waals surface area contributed by atoms with E-state index in [1.165, 1.54) is 0 Å². The predicted molar refractivity (Wildman–Crippen MR) is 100 cm³/mol. The highest BCUT2D eigenvalue weighted by Crippen LogP contribution is 2.14. The lowest BCUT2D eigenvalue weighted by Gasteiger charge is -2.18. The van der Waals surface area contributed by atoms with Crippen molar-refractivity contribution in [1.82, 2.24) is 4.90 Å². The quantitative estimate of drug-likeness (QED) is 0.808. The van der Waals surface area contributed by atoms with Crippen molar-refractivity contribution in [3.63, 3.8) is 0 Å². The van der Waals surface area contributed by atoms with Gasteiger partial charge in [0.1, 0.15) is 0 Å². The number of nitrogens with one attached hydrogen (secondary N) is 1. The minimum Gasteiger partial charge on any atom is -0.339 e. The lowest BCUT2D eigenvalue weighted by molar-refractivity contribution is -0.115. The van der Waals surface area contributed by atoms with Gasteiger partial charge in [-0.3, -0.25) is 9.59 Å². The second-order valence-electron chi connectivity index (χ2n) is 5.41. The van der Waals surface area contributed by atoms with E-state index < -0.39 is 0 Å². The Balaban J connectivity index is 1.98. The van der Waals surface area contributed by atoms with Gasteiger partial charge < -0.3 is 10.2 Å². The molecule has 2 rings (SSSR count). The maximum Gasteiger partial charge on any atom is 0.253 e. The standard InChI is InChI=1S/C19H21BrN2O2/c1-3-22(4-2)19(24)15-8-10-17(11-9-15)21-18(23)13-14-6-5-7-16(20)12-14/h5-12H,3-4,13H2,1-2H3,(H,21,23). The zero-order valence-electron chi connectivity index (χ0n) is 13.9. The molecular formula is C19H21BrN2O2. The SMILES string of the molecule is CCN(CC)C(=O)c1ccc(NC(=O)Cc2cccc(Br)c2)cc1. The van der Waals surface area contributed by atoms with Crippen LogP contribution in [0.15, 0.2) is 53.0 Å². The van der Waals surface area contributed by atoms with Gasteiger partial charge in [0, 0.05) is 28.8 Å². The van der Waals surface area contributed by atoms with E-state index in [1.54, 1.807) is 29.2 Å². The van der Waals surface area contributed by atoms with Gasteiger partial charge in [0.2, 0.25) is 5.91 Å². The number of anilines is 1. The summed E-state index contributed by atoms with van der Waals surface area (Å²) in [4.78, 5) is 26.1. The molecule has 126 valence electrons. The minimum absolute atomic E-state index is 0.00649. The van der Waals surface area contributed by atoms with E-state index in [0.29, 0.717) is 30.8 Å². The Morgan fingerprint density at radius 1 is 1.04 bits per heavy atom. The molecule has 0 aliphatic carbocycles. The number of benzene rings is 2. The Hall–Kier alpha value is -2.14. The van der Waals surface area contributed by atoms with Crippen LogP contribution >= 0.6 is 15.9 Å². The largest absolute Gasteiger partial charge is 0.339 e. The van der Waals surface area contributed by atoms with Crippen LogP contribution in [0.5, 0.6) is 0 Å². The van der Waals surface area contributed by atoms with Crippen LogP contribution in [0.2, 0.25) is 0 Å². The topological polar surface area (TPSA) is 49.4 Å². The van der Waals surface area contributed by atoms with Crippen molar-refractivity contribution in [2.45, 2.75) is 20.3 Å². The van der Waals surface area contributed by atoms with Gasteiger partial charge in [-0.15, -0.1) is 0 Å². The number of carbonyl (C=O) groups excluding carboxylic acids is 2. The van der Waals surface area contributed by atoms with E-state index in [0.717, 1.165) is 10.0 Å². The van der Waals surface area contributed by atoms with Crippen molar-refractivity contribution >= 4 is 33.4 Å². The molecule has 0 fully saturated rings. The van der Waals surface area contributed by atoms with Crippen LogP contribution in [0.3, 0.4) is 0 Å². The summed E-state index contributed by atoms with van der Waals surface area (Å²) in [6.45, 7) is 5.27. The van der Waals surface area contributed by atoms with Crippen molar-refractivity contribution in [3.8, 4) is 0 Å². The molecule has 0 bridgehead atoms. The summed E-state index contributed by atoms with van der Waals surface area (Å²) in [6, 6.07) is 14.7. The van der Waals surface area contributed by atoms with Crippen molar-refractivity contribution in [1.29, 1.82) is 0 Å². The van der Waals surface area contributed by atoms with Gasteiger partial charge >= 0.3 is 0 Å². The molecule has 0 aliphatic heterocycles.